The highest BCUT2D eigenvalue weighted by atomic mass is 32.2. The Balaban J connectivity index is 1.70. The lowest BCUT2D eigenvalue weighted by molar-refractivity contribution is 0.170. The molecule has 7 heteroatoms. The first-order chi connectivity index (χ1) is 12.4. The summed E-state index contributed by atoms with van der Waals surface area (Å²) in [6.07, 6.45) is -0.765. The van der Waals surface area contributed by atoms with Crippen molar-refractivity contribution < 1.29 is 22.3 Å². The van der Waals surface area contributed by atoms with Crippen LogP contribution in [0.3, 0.4) is 0 Å². The molecule has 0 heterocycles. The van der Waals surface area contributed by atoms with Crippen LogP contribution in [0, 0.1) is 11.6 Å². The van der Waals surface area contributed by atoms with Gasteiger partial charge in [-0.1, -0.05) is 42.5 Å². The van der Waals surface area contributed by atoms with Crippen molar-refractivity contribution in [1.29, 1.82) is 0 Å². The molecule has 3 rings (SSSR count). The van der Waals surface area contributed by atoms with Gasteiger partial charge in [0, 0.05) is 12.6 Å². The monoisotopic (exact) mass is 377 g/mol. The molecule has 0 aliphatic rings. The van der Waals surface area contributed by atoms with Gasteiger partial charge in [-0.25, -0.2) is 21.9 Å². The van der Waals surface area contributed by atoms with Gasteiger partial charge in [0.05, 0.1) is 11.0 Å². The fourth-order valence-electron chi connectivity index (χ4n) is 2.79. The zero-order valence-corrected chi connectivity index (χ0v) is 14.5. The fraction of sp³-hybridized carbons (Fsp3) is 0.158. The van der Waals surface area contributed by atoms with Crippen molar-refractivity contribution in [3.63, 3.8) is 0 Å². The first kappa shape index (κ1) is 18.4. The maximum atomic E-state index is 13.2. The van der Waals surface area contributed by atoms with Gasteiger partial charge in [0.2, 0.25) is 10.0 Å². The molecular weight excluding hydrogens is 360 g/mol. The highest BCUT2D eigenvalue weighted by Gasteiger charge is 2.17. The van der Waals surface area contributed by atoms with E-state index in [1.54, 1.807) is 6.07 Å². The predicted octanol–water partition coefficient (Wildman–Crippen LogP) is 3.52. The molecule has 1 atom stereocenters. The van der Waals surface area contributed by atoms with Crippen molar-refractivity contribution in [2.75, 3.05) is 6.54 Å². The van der Waals surface area contributed by atoms with Gasteiger partial charge in [-0.2, -0.15) is 0 Å². The molecule has 0 aliphatic heterocycles. The molecule has 1 unspecified atom stereocenters. The minimum absolute atomic E-state index is 0.0785. The van der Waals surface area contributed by atoms with Crippen molar-refractivity contribution >= 4 is 20.8 Å². The SMILES string of the molecule is O=S(=O)(NCCC(O)c1cccc2ccccc12)c1cc(F)cc(F)c1. The van der Waals surface area contributed by atoms with E-state index in [4.69, 9.17) is 0 Å². The van der Waals surface area contributed by atoms with Crippen LogP contribution in [-0.2, 0) is 10.0 Å². The molecule has 2 N–H and O–H groups in total. The number of nitrogens with one attached hydrogen (secondary N) is 1. The van der Waals surface area contributed by atoms with Crippen LogP contribution in [0.25, 0.3) is 10.8 Å². The van der Waals surface area contributed by atoms with Crippen LogP contribution in [0.1, 0.15) is 18.1 Å². The van der Waals surface area contributed by atoms with E-state index in [1.807, 2.05) is 36.4 Å². The maximum Gasteiger partial charge on any atom is 0.240 e. The molecule has 3 aromatic rings. The molecule has 136 valence electrons. The third-order valence-corrected chi connectivity index (χ3v) is 5.48. The highest BCUT2D eigenvalue weighted by molar-refractivity contribution is 7.89. The van der Waals surface area contributed by atoms with E-state index < -0.39 is 32.7 Å². The van der Waals surface area contributed by atoms with E-state index in [0.717, 1.165) is 22.9 Å². The lowest BCUT2D eigenvalue weighted by Gasteiger charge is -2.14. The number of aliphatic hydroxyl groups is 1. The largest absolute Gasteiger partial charge is 0.388 e. The Bertz CT molecular complexity index is 1010. The lowest BCUT2D eigenvalue weighted by Crippen LogP contribution is -2.26. The number of benzene rings is 3. The molecule has 3 aromatic carbocycles. The molecular formula is C19H17F2NO3S. The van der Waals surface area contributed by atoms with Gasteiger partial charge in [-0.15, -0.1) is 0 Å². The van der Waals surface area contributed by atoms with Crippen molar-refractivity contribution in [2.45, 2.75) is 17.4 Å². The predicted molar refractivity (Wildman–Crippen MR) is 95.1 cm³/mol. The Morgan fingerprint density at radius 3 is 2.35 bits per heavy atom. The fourth-order valence-corrected chi connectivity index (χ4v) is 3.88. The topological polar surface area (TPSA) is 66.4 Å². The molecule has 0 radical (unpaired) electrons. The lowest BCUT2D eigenvalue weighted by atomic mass is 9.99. The minimum Gasteiger partial charge on any atom is -0.388 e. The zero-order valence-electron chi connectivity index (χ0n) is 13.7. The number of aliphatic hydroxyl groups excluding tert-OH is 1. The Morgan fingerprint density at radius 2 is 1.62 bits per heavy atom. The normalized spacial score (nSPS) is 13.0. The Kier molecular flexibility index (Phi) is 5.31. The van der Waals surface area contributed by atoms with Crippen LogP contribution >= 0.6 is 0 Å². The van der Waals surface area contributed by atoms with E-state index >= 15 is 0 Å². The number of halogens is 2. The van der Waals surface area contributed by atoms with E-state index in [2.05, 4.69) is 4.72 Å². The summed E-state index contributed by atoms with van der Waals surface area (Å²) in [5, 5.41) is 12.3. The molecule has 4 nitrogen and oxygen atoms in total. The molecule has 0 saturated carbocycles. The molecule has 0 aliphatic carbocycles. The summed E-state index contributed by atoms with van der Waals surface area (Å²) < 4.78 is 53.0. The van der Waals surface area contributed by atoms with E-state index in [9.17, 15) is 22.3 Å². The first-order valence-electron chi connectivity index (χ1n) is 7.98. The number of sulfonamides is 1. The summed E-state index contributed by atoms with van der Waals surface area (Å²) in [7, 11) is -4.07. The molecule has 0 spiro atoms. The average Bonchev–Trinajstić information content (AvgIpc) is 2.60. The highest BCUT2D eigenvalue weighted by Crippen LogP contribution is 2.26. The van der Waals surface area contributed by atoms with Gasteiger partial charge in [0.25, 0.3) is 0 Å². The van der Waals surface area contributed by atoms with E-state index in [0.29, 0.717) is 11.6 Å². The van der Waals surface area contributed by atoms with Crippen LogP contribution < -0.4 is 4.72 Å². The van der Waals surface area contributed by atoms with Gasteiger partial charge in [-0.05, 0) is 34.9 Å². The van der Waals surface area contributed by atoms with E-state index in [-0.39, 0.29) is 13.0 Å². The summed E-state index contributed by atoms with van der Waals surface area (Å²) in [5.41, 5.74) is 0.694. The van der Waals surface area contributed by atoms with Crippen LogP contribution in [0.2, 0.25) is 0 Å². The number of hydrogen-bond acceptors (Lipinski definition) is 3. The van der Waals surface area contributed by atoms with Gasteiger partial charge in [0.15, 0.2) is 0 Å². The average molecular weight is 377 g/mol. The smallest absolute Gasteiger partial charge is 0.240 e. The van der Waals surface area contributed by atoms with Crippen molar-refractivity contribution in [3.8, 4) is 0 Å². The number of fused-ring (bicyclic) bond motifs is 1. The van der Waals surface area contributed by atoms with Crippen LogP contribution in [0.5, 0.6) is 0 Å². The number of rotatable bonds is 6. The van der Waals surface area contributed by atoms with Crippen molar-refractivity contribution in [3.05, 3.63) is 77.9 Å². The van der Waals surface area contributed by atoms with Crippen LogP contribution in [-0.4, -0.2) is 20.1 Å². The van der Waals surface area contributed by atoms with Gasteiger partial charge in [-0.3, -0.25) is 0 Å². The van der Waals surface area contributed by atoms with Crippen molar-refractivity contribution in [2.24, 2.45) is 0 Å². The summed E-state index contributed by atoms with van der Waals surface area (Å²) in [4.78, 5) is -0.491. The van der Waals surface area contributed by atoms with Crippen molar-refractivity contribution in [1.82, 2.24) is 4.72 Å². The quantitative estimate of drug-likeness (QED) is 0.691. The molecule has 0 amide bonds. The molecule has 0 saturated heterocycles. The zero-order chi connectivity index (χ0) is 18.7. The summed E-state index contributed by atoms with van der Waals surface area (Å²) in [6, 6.07) is 15.2. The third kappa shape index (κ3) is 4.07. The Hall–Kier alpha value is -2.35. The second-order valence-corrected chi connectivity index (χ2v) is 7.64. The van der Waals surface area contributed by atoms with E-state index in [1.165, 1.54) is 0 Å². The maximum absolute atomic E-state index is 13.2. The third-order valence-electron chi connectivity index (χ3n) is 4.04. The first-order valence-corrected chi connectivity index (χ1v) is 9.46. The number of hydrogen-bond donors (Lipinski definition) is 2. The Labute approximate surface area is 150 Å². The molecule has 0 bridgehead atoms. The standard InChI is InChI=1S/C19H17F2NO3S/c20-14-10-15(21)12-16(11-14)26(24,25)22-9-8-19(23)18-7-3-5-13-4-1-2-6-17(13)18/h1-7,10-12,19,22-23H,8-9H2. The Morgan fingerprint density at radius 1 is 0.962 bits per heavy atom. The summed E-state index contributed by atoms with van der Waals surface area (Å²) in [5.74, 6) is -1.94. The molecule has 0 aromatic heterocycles. The molecule has 26 heavy (non-hydrogen) atoms. The van der Waals surface area contributed by atoms with Gasteiger partial charge in [0.1, 0.15) is 11.6 Å². The van der Waals surface area contributed by atoms with Crippen LogP contribution in [0.4, 0.5) is 8.78 Å². The second kappa shape index (κ2) is 7.49. The van der Waals surface area contributed by atoms with Crippen LogP contribution in [0.15, 0.2) is 65.6 Å². The molecule has 0 fully saturated rings. The summed E-state index contributed by atoms with van der Waals surface area (Å²) in [6.45, 7) is -0.0785. The van der Waals surface area contributed by atoms with Gasteiger partial charge >= 0.3 is 0 Å². The summed E-state index contributed by atoms with van der Waals surface area (Å²) >= 11 is 0. The van der Waals surface area contributed by atoms with Gasteiger partial charge < -0.3 is 5.11 Å². The second-order valence-electron chi connectivity index (χ2n) is 5.88. The minimum atomic E-state index is -4.07.